The molecule has 0 radical (unpaired) electrons. The summed E-state index contributed by atoms with van der Waals surface area (Å²) in [6.07, 6.45) is 0. The van der Waals surface area contributed by atoms with Gasteiger partial charge in [-0.1, -0.05) is 18.2 Å². The molecule has 0 saturated heterocycles. The van der Waals surface area contributed by atoms with Crippen LogP contribution in [0.5, 0.6) is 11.5 Å². The van der Waals surface area contributed by atoms with Gasteiger partial charge in [-0.15, -0.1) is 0 Å². The fraction of sp³-hybridized carbons (Fsp3) is 0.280. The molecule has 0 bridgehead atoms. The van der Waals surface area contributed by atoms with E-state index in [-0.39, 0.29) is 18.0 Å². The highest BCUT2D eigenvalue weighted by molar-refractivity contribution is 5.84. The summed E-state index contributed by atoms with van der Waals surface area (Å²) >= 11 is 0. The number of ether oxygens (including phenoxy) is 2. The number of carbonyl (C=O) groups is 1. The fourth-order valence-electron chi connectivity index (χ4n) is 3.90. The number of nitrogens with one attached hydrogen (secondary N) is 1. The molecule has 2 aromatic carbocycles. The molecule has 0 saturated carbocycles. The van der Waals surface area contributed by atoms with E-state index in [1.165, 1.54) is 4.68 Å². The lowest BCUT2D eigenvalue weighted by atomic mass is 10.2. The summed E-state index contributed by atoms with van der Waals surface area (Å²) in [5.74, 6) is 0.925. The average molecular weight is 462 g/mol. The number of amides is 1. The maximum absolute atomic E-state index is 13.4. The zero-order valence-corrected chi connectivity index (χ0v) is 19.8. The quantitative estimate of drug-likeness (QED) is 0.454. The van der Waals surface area contributed by atoms with Crippen molar-refractivity contribution >= 4 is 16.8 Å². The second-order valence-electron chi connectivity index (χ2n) is 7.96. The SMILES string of the molecule is COc1ccc(CNC(=O)[C@H](C)n2nc(C)c3nn(-c4ccccc4)c(C)c3c2=O)c(OC)c1. The predicted molar refractivity (Wildman–Crippen MR) is 129 cm³/mol. The third-order valence-electron chi connectivity index (χ3n) is 5.83. The van der Waals surface area contributed by atoms with Gasteiger partial charge in [-0.2, -0.15) is 10.2 Å². The van der Waals surface area contributed by atoms with Gasteiger partial charge in [0.2, 0.25) is 5.91 Å². The van der Waals surface area contributed by atoms with Gasteiger partial charge in [-0.05, 0) is 45.0 Å². The normalized spacial score (nSPS) is 11.9. The van der Waals surface area contributed by atoms with Crippen LogP contribution in [0, 0.1) is 13.8 Å². The first kappa shape index (κ1) is 23.0. The van der Waals surface area contributed by atoms with E-state index in [1.54, 1.807) is 44.9 Å². The number of methoxy groups -OCH3 is 2. The molecule has 2 aromatic heterocycles. The minimum Gasteiger partial charge on any atom is -0.497 e. The minimum absolute atomic E-state index is 0.233. The average Bonchev–Trinajstić information content (AvgIpc) is 3.22. The molecular weight excluding hydrogens is 434 g/mol. The summed E-state index contributed by atoms with van der Waals surface area (Å²) in [5.41, 5.74) is 3.07. The number of hydrogen-bond donors (Lipinski definition) is 1. The lowest BCUT2D eigenvalue weighted by Crippen LogP contribution is -2.37. The Balaban J connectivity index is 1.63. The largest absolute Gasteiger partial charge is 0.497 e. The first-order valence-electron chi connectivity index (χ1n) is 10.9. The number of benzene rings is 2. The monoisotopic (exact) mass is 461 g/mol. The van der Waals surface area contributed by atoms with Crippen LogP contribution in [-0.2, 0) is 11.3 Å². The number of aromatic nitrogens is 4. The van der Waals surface area contributed by atoms with Crippen LogP contribution in [0.15, 0.2) is 53.3 Å². The van der Waals surface area contributed by atoms with Crippen molar-refractivity contribution in [2.75, 3.05) is 14.2 Å². The van der Waals surface area contributed by atoms with Gasteiger partial charge in [0.25, 0.3) is 5.56 Å². The number of hydrogen-bond acceptors (Lipinski definition) is 6. The molecule has 1 atom stereocenters. The Bertz CT molecular complexity index is 1410. The van der Waals surface area contributed by atoms with Crippen LogP contribution in [-0.4, -0.2) is 39.7 Å². The Morgan fingerprint density at radius 3 is 2.47 bits per heavy atom. The van der Waals surface area contributed by atoms with Gasteiger partial charge < -0.3 is 14.8 Å². The Kier molecular flexibility index (Phi) is 6.36. The van der Waals surface area contributed by atoms with Crippen molar-refractivity contribution in [3.05, 3.63) is 75.8 Å². The number of aryl methyl sites for hydroxylation is 2. The van der Waals surface area contributed by atoms with E-state index in [1.807, 2.05) is 43.3 Å². The van der Waals surface area contributed by atoms with Crippen molar-refractivity contribution in [2.45, 2.75) is 33.4 Å². The Morgan fingerprint density at radius 1 is 1.06 bits per heavy atom. The molecule has 4 rings (SSSR count). The number of fused-ring (bicyclic) bond motifs is 1. The van der Waals surface area contributed by atoms with Crippen molar-refractivity contribution in [3.63, 3.8) is 0 Å². The van der Waals surface area contributed by atoms with Gasteiger partial charge in [-0.3, -0.25) is 9.59 Å². The lowest BCUT2D eigenvalue weighted by molar-refractivity contribution is -0.124. The molecule has 0 fully saturated rings. The summed E-state index contributed by atoms with van der Waals surface area (Å²) in [7, 11) is 3.13. The van der Waals surface area contributed by atoms with Crippen LogP contribution >= 0.6 is 0 Å². The molecule has 0 aliphatic carbocycles. The summed E-state index contributed by atoms with van der Waals surface area (Å²) < 4.78 is 13.6. The highest BCUT2D eigenvalue weighted by Crippen LogP contribution is 2.25. The van der Waals surface area contributed by atoms with E-state index in [4.69, 9.17) is 9.47 Å². The van der Waals surface area contributed by atoms with Crippen LogP contribution in [0.2, 0.25) is 0 Å². The Morgan fingerprint density at radius 2 is 1.79 bits per heavy atom. The van der Waals surface area contributed by atoms with Gasteiger partial charge >= 0.3 is 0 Å². The van der Waals surface area contributed by atoms with Gasteiger partial charge in [0.05, 0.1) is 36.7 Å². The Hall–Kier alpha value is -4.14. The van der Waals surface area contributed by atoms with E-state index in [2.05, 4.69) is 15.5 Å². The molecular formula is C25H27N5O4. The summed E-state index contributed by atoms with van der Waals surface area (Å²) in [4.78, 5) is 26.3. The molecule has 9 heteroatoms. The maximum Gasteiger partial charge on any atom is 0.278 e. The summed E-state index contributed by atoms with van der Waals surface area (Å²) in [6.45, 7) is 5.51. The van der Waals surface area contributed by atoms with E-state index in [0.29, 0.717) is 33.8 Å². The first-order chi connectivity index (χ1) is 16.3. The lowest BCUT2D eigenvalue weighted by Gasteiger charge is -2.16. The predicted octanol–water partition coefficient (Wildman–Crippen LogP) is 3.09. The number of para-hydroxylation sites is 1. The molecule has 2 heterocycles. The molecule has 1 N–H and O–H groups in total. The first-order valence-corrected chi connectivity index (χ1v) is 10.9. The third kappa shape index (κ3) is 4.12. The van der Waals surface area contributed by atoms with Gasteiger partial charge in [0.1, 0.15) is 23.1 Å². The topological polar surface area (TPSA) is 100 Å². The van der Waals surface area contributed by atoms with Crippen LogP contribution in [0.4, 0.5) is 0 Å². The van der Waals surface area contributed by atoms with Crippen molar-refractivity contribution in [1.82, 2.24) is 24.9 Å². The minimum atomic E-state index is -0.820. The number of carbonyl (C=O) groups excluding carboxylic acids is 1. The molecule has 1 amide bonds. The van der Waals surface area contributed by atoms with Crippen molar-refractivity contribution in [3.8, 4) is 17.2 Å². The van der Waals surface area contributed by atoms with Crippen LogP contribution in [0.1, 0.15) is 29.9 Å². The third-order valence-corrected chi connectivity index (χ3v) is 5.83. The smallest absolute Gasteiger partial charge is 0.278 e. The summed E-state index contributed by atoms with van der Waals surface area (Å²) in [6, 6.07) is 14.1. The van der Waals surface area contributed by atoms with E-state index in [9.17, 15) is 9.59 Å². The zero-order valence-electron chi connectivity index (χ0n) is 19.8. The molecule has 0 aliphatic rings. The maximum atomic E-state index is 13.4. The zero-order chi connectivity index (χ0) is 24.4. The molecule has 4 aromatic rings. The van der Waals surface area contributed by atoms with E-state index >= 15 is 0 Å². The van der Waals surface area contributed by atoms with Crippen molar-refractivity contribution < 1.29 is 14.3 Å². The van der Waals surface area contributed by atoms with Crippen molar-refractivity contribution in [1.29, 1.82) is 0 Å². The Labute approximate surface area is 196 Å². The second-order valence-corrected chi connectivity index (χ2v) is 7.96. The highest BCUT2D eigenvalue weighted by atomic mass is 16.5. The van der Waals surface area contributed by atoms with E-state index < -0.39 is 6.04 Å². The highest BCUT2D eigenvalue weighted by Gasteiger charge is 2.23. The van der Waals surface area contributed by atoms with Crippen LogP contribution < -0.4 is 20.3 Å². The number of rotatable bonds is 7. The fourth-order valence-corrected chi connectivity index (χ4v) is 3.90. The second kappa shape index (κ2) is 9.38. The molecule has 0 unspecified atom stereocenters. The van der Waals surface area contributed by atoms with Gasteiger partial charge in [-0.25, -0.2) is 9.36 Å². The molecule has 0 spiro atoms. The molecule has 34 heavy (non-hydrogen) atoms. The number of nitrogens with zero attached hydrogens (tertiary/aromatic N) is 4. The molecule has 9 nitrogen and oxygen atoms in total. The molecule has 0 aliphatic heterocycles. The van der Waals surface area contributed by atoms with Crippen LogP contribution in [0.25, 0.3) is 16.6 Å². The summed E-state index contributed by atoms with van der Waals surface area (Å²) in [5, 5.41) is 12.3. The molecule has 176 valence electrons. The van der Waals surface area contributed by atoms with Gasteiger partial charge in [0, 0.05) is 18.2 Å². The van der Waals surface area contributed by atoms with Crippen LogP contribution in [0.3, 0.4) is 0 Å². The standard InChI is InChI=1S/C25H27N5O4/c1-15-23-22(16(2)29(28-23)19-9-7-6-8-10-19)25(32)30(27-15)17(3)24(31)26-14-18-11-12-20(33-4)13-21(18)34-5/h6-13,17H,14H2,1-5H3,(H,26,31)/t17-/m0/s1. The van der Waals surface area contributed by atoms with Crippen molar-refractivity contribution in [2.24, 2.45) is 0 Å². The van der Waals surface area contributed by atoms with Gasteiger partial charge in [0.15, 0.2) is 0 Å². The van der Waals surface area contributed by atoms with E-state index in [0.717, 1.165) is 11.3 Å².